The molecule has 48 heteroatoms. The van der Waals surface area contributed by atoms with Gasteiger partial charge in [-0.15, -0.1) is 10.1 Å². The topological polar surface area (TPSA) is 638 Å². The minimum Gasteiger partial charge on any atom is -0.747 e. The van der Waals surface area contributed by atoms with E-state index in [-0.39, 0.29) is 118 Å². The first-order valence-electron chi connectivity index (χ1n) is 37.1. The standard InChI is InChI=1S/3C10H13NO.C8H10N2O8S.C8H10N2O5.C7H8N2O3.C4H10N2O.C4H9NOS2.C4H9NO.C3H8N2O.C3H7NOS.2C3H7NO.2CH4/c3*1-8-3-5-10(6-4-8)7-11-9(2)12;1-4(11)9-3-7(13)18-10-6(12)2-5(8(10)14)19(15,16)17;1-5(11)9-4-8(14)15-10-6(12)2-3-7(10)13;1-5(10)8-4-9-6(11)2-3-7(9)12;1-4(7)6-3-5-2;1-4(6)5-3-8-7-2;1-3-5-4(2)6;1-3(6)5-2-4;1-3(5)4-2-6;2*1-3(5)4-2;;/h3*3-6H,7H2,1-2H3,(H,11,12);5H,2-3H2,1H3,(H,9,11)(H,15,16,17);2-4H2,1H3,(H,9,11);2-3H,4H2,1H3,(H,8,10);5H,3H2,1-2H3,(H,6,7);3H2,1-2H3,(H,5,6);3H2,1-2H3,(H,5,6);2,4H2,1H3,(H,5,6);6H,2H2,1H3,(H,4,5);2*1-2H3,(H,4,5);2*1H4/p-1. The second kappa shape index (κ2) is 82.1. The number of hydrogen-bond donors (Lipinski definition) is 16. The largest absolute Gasteiger partial charge is 0.747 e. The van der Waals surface area contributed by atoms with Crippen molar-refractivity contribution in [2.75, 3.05) is 78.8 Å². The molecule has 0 radical (unpaired) electrons. The van der Waals surface area contributed by atoms with E-state index in [1.54, 1.807) is 42.7 Å². The highest BCUT2D eigenvalue weighted by molar-refractivity contribution is 8.76. The van der Waals surface area contributed by atoms with Gasteiger partial charge in [-0.3, -0.25) is 96.0 Å². The van der Waals surface area contributed by atoms with Gasteiger partial charge in [-0.1, -0.05) is 126 Å². The zero-order chi connectivity index (χ0) is 97.9. The minimum atomic E-state index is -5.00. The highest BCUT2D eigenvalue weighted by atomic mass is 33.1. The Morgan fingerprint density at radius 3 is 0.969 bits per heavy atom. The van der Waals surface area contributed by atoms with Crippen LogP contribution in [0.4, 0.5) is 0 Å². The van der Waals surface area contributed by atoms with E-state index in [9.17, 15) is 114 Å². The van der Waals surface area contributed by atoms with Gasteiger partial charge in [0.25, 0.3) is 35.4 Å². The first-order valence-corrected chi connectivity index (χ1v) is 42.0. The quantitative estimate of drug-likeness (QED) is 0.0151. The molecule has 2 fully saturated rings. The van der Waals surface area contributed by atoms with Crippen molar-refractivity contribution < 1.29 is 123 Å². The van der Waals surface area contributed by atoms with E-state index in [0.717, 1.165) is 35.1 Å². The fourth-order valence-corrected chi connectivity index (χ4v) is 8.53. The molecule has 3 aliphatic heterocycles. The molecule has 1 unspecified atom stereocenters. The van der Waals surface area contributed by atoms with Gasteiger partial charge in [0.15, 0.2) is 0 Å². The summed E-state index contributed by atoms with van der Waals surface area (Å²) >= 11 is 3.73. The predicted octanol–water partition coefficient (Wildman–Crippen LogP) is 0.240. The van der Waals surface area contributed by atoms with E-state index in [1.165, 1.54) is 112 Å². The normalized spacial score (nSPS) is 11.5. The maximum atomic E-state index is 11.4. The number of hydrogen-bond acceptors (Lipinski definition) is 31. The number of rotatable bonds is 23. The zero-order valence-electron chi connectivity index (χ0n) is 74.3. The van der Waals surface area contributed by atoms with Gasteiger partial charge < -0.3 is 94.4 Å². The fraction of sp³-hybridized carbons (Fsp3) is 0.481. The third kappa shape index (κ3) is 89.8. The van der Waals surface area contributed by atoms with Crippen LogP contribution in [0.2, 0.25) is 0 Å². The van der Waals surface area contributed by atoms with Crippen LogP contribution in [0.25, 0.3) is 0 Å². The molecule has 127 heavy (non-hydrogen) atoms. The Morgan fingerprint density at radius 2 is 0.756 bits per heavy atom. The number of nitrogens with one attached hydrogen (secondary N) is 14. The Kier molecular flexibility index (Phi) is 85.8. The van der Waals surface area contributed by atoms with E-state index < -0.39 is 87.5 Å². The van der Waals surface area contributed by atoms with E-state index >= 15 is 0 Å². The number of benzene rings is 3. The van der Waals surface area contributed by atoms with Crippen molar-refractivity contribution in [3.05, 3.63) is 118 Å². The number of carbonyl (C=O) groups excluding carboxylic acids is 21. The highest BCUT2D eigenvalue weighted by Gasteiger charge is 2.45. The molecule has 19 amide bonds. The molecule has 0 spiro atoms. The van der Waals surface area contributed by atoms with Crippen molar-refractivity contribution in [2.45, 2.75) is 177 Å². The molecule has 44 nitrogen and oxygen atoms in total. The van der Waals surface area contributed by atoms with Crippen LogP contribution in [0.15, 0.2) is 84.9 Å². The molecule has 16 N–H and O–H groups in total. The van der Waals surface area contributed by atoms with Crippen LogP contribution in [-0.4, -0.2) is 236 Å². The van der Waals surface area contributed by atoms with Gasteiger partial charge in [-0.2, -0.15) is 12.6 Å². The lowest BCUT2D eigenvalue weighted by molar-refractivity contribution is -0.196. The smallest absolute Gasteiger partial charge is 0.352 e. The molecule has 3 aromatic rings. The Labute approximate surface area is 756 Å². The number of hydroxylamine groups is 4. The van der Waals surface area contributed by atoms with Crippen molar-refractivity contribution in [3.63, 3.8) is 0 Å². The van der Waals surface area contributed by atoms with Crippen molar-refractivity contribution in [1.29, 1.82) is 0 Å². The molecular weight excluding hydrogens is 1750 g/mol. The molecule has 0 saturated carbocycles. The van der Waals surface area contributed by atoms with E-state index in [1.807, 2.05) is 112 Å². The van der Waals surface area contributed by atoms with Gasteiger partial charge in [0.2, 0.25) is 76.8 Å². The Hall–Kier alpha value is -12.3. The van der Waals surface area contributed by atoms with Crippen LogP contribution >= 0.6 is 34.2 Å². The minimum absolute atomic E-state index is 0. The van der Waals surface area contributed by atoms with Gasteiger partial charge in [-0.25, -0.2) is 18.0 Å². The Balaban J connectivity index is -0.000000173. The summed E-state index contributed by atoms with van der Waals surface area (Å²) in [6.07, 6.45) is 3.54. The maximum Gasteiger partial charge on any atom is 0.352 e. The van der Waals surface area contributed by atoms with Gasteiger partial charge in [0.1, 0.15) is 35.1 Å². The third-order valence-corrected chi connectivity index (χ3v) is 15.7. The lowest BCUT2D eigenvalue weighted by atomic mass is 10.1. The lowest BCUT2D eigenvalue weighted by Gasteiger charge is -2.15. The monoisotopic (exact) mass is 1880 g/mol. The molecule has 2 saturated heterocycles. The van der Waals surface area contributed by atoms with E-state index in [2.05, 4.69) is 91.4 Å². The van der Waals surface area contributed by atoms with Crippen molar-refractivity contribution in [1.82, 2.24) is 89.5 Å². The SMILES string of the molecule is C.C.CC(=O)NCC(=O)ON1C(=O)CC(S(=O)(=O)[O-])C1=O.CC(=O)NCC(=O)ON1C(=O)CCC1=O.CC(=O)NCN.CC(=O)NCN1C(=O)C=CC1=O.CC(=O)NCS.CC(=O)NCc1ccc(C)cc1.CC(=O)NCc1ccc(C)cc1.CC(=O)NCc1ccc(C)cc1.CCNC(C)=O.CNC(C)=O.CNC(C)=O.CNCNC(C)=O.CSSCNC(C)=O. The van der Waals surface area contributed by atoms with Crippen LogP contribution in [0, 0.1) is 20.8 Å². The molecule has 0 aromatic heterocycles. The molecular formula is C79H131N18O26S4-. The summed E-state index contributed by atoms with van der Waals surface area (Å²) in [5.41, 5.74) is 12.0. The summed E-state index contributed by atoms with van der Waals surface area (Å²) in [5.74, 6) is -6.53. The number of carbonyl (C=O) groups is 21. The molecule has 718 valence electrons. The van der Waals surface area contributed by atoms with Crippen LogP contribution in [0.3, 0.4) is 0 Å². The second-order valence-corrected chi connectivity index (χ2v) is 28.9. The molecule has 0 bridgehead atoms. The summed E-state index contributed by atoms with van der Waals surface area (Å²) < 4.78 is 32.0. The van der Waals surface area contributed by atoms with Crippen LogP contribution in [-0.2, 0) is 140 Å². The zero-order valence-corrected chi connectivity index (χ0v) is 77.6. The molecule has 3 heterocycles. The summed E-state index contributed by atoms with van der Waals surface area (Å²) in [7, 11) is 3.24. The number of nitrogens with two attached hydrogens (primary N) is 1. The second-order valence-electron chi connectivity index (χ2n) is 24.5. The maximum absolute atomic E-state index is 11.4. The first kappa shape index (κ1) is 133. The molecule has 0 aliphatic carbocycles. The average Bonchev–Trinajstić information content (AvgIpc) is 1.65. The van der Waals surface area contributed by atoms with E-state index in [4.69, 9.17) is 5.73 Å². The highest BCUT2D eigenvalue weighted by Crippen LogP contribution is 2.20. The fourth-order valence-electron chi connectivity index (χ4n) is 6.70. The molecule has 3 aliphatic rings. The molecule has 3 aromatic carbocycles. The number of amides is 19. The summed E-state index contributed by atoms with van der Waals surface area (Å²) in [6.45, 7) is 28.9. The molecule has 6 rings (SSSR count). The summed E-state index contributed by atoms with van der Waals surface area (Å²) in [5, 5.41) is 33.2. The van der Waals surface area contributed by atoms with Gasteiger partial charge >= 0.3 is 11.9 Å². The van der Waals surface area contributed by atoms with Gasteiger partial charge in [0, 0.05) is 155 Å². The number of imide groups is 3. The van der Waals surface area contributed by atoms with Crippen LogP contribution in [0.5, 0.6) is 0 Å². The van der Waals surface area contributed by atoms with Crippen LogP contribution < -0.4 is 80.2 Å². The van der Waals surface area contributed by atoms with Gasteiger partial charge in [0.05, 0.1) is 31.5 Å². The van der Waals surface area contributed by atoms with Crippen molar-refractivity contribution >= 4 is 169 Å². The van der Waals surface area contributed by atoms with Gasteiger partial charge in [-0.05, 0) is 57.7 Å². The van der Waals surface area contributed by atoms with E-state index in [0.29, 0.717) is 43.1 Å². The first-order chi connectivity index (χ1) is 58.2. The third-order valence-electron chi connectivity index (χ3n) is 13.0. The van der Waals surface area contributed by atoms with Crippen molar-refractivity contribution in [3.8, 4) is 0 Å². The number of nitrogens with zero attached hydrogens (tertiary/aromatic N) is 3. The molecule has 1 atom stereocenters. The summed E-state index contributed by atoms with van der Waals surface area (Å²) in [6, 6.07) is 24.3. The Morgan fingerprint density at radius 1 is 0.449 bits per heavy atom. The lowest BCUT2D eigenvalue weighted by Crippen LogP contribution is -2.40. The average molecular weight is 1880 g/mol. The van der Waals surface area contributed by atoms with Crippen molar-refractivity contribution in [2.24, 2.45) is 5.73 Å². The summed E-state index contributed by atoms with van der Waals surface area (Å²) in [4.78, 5) is 231. The van der Waals surface area contributed by atoms with Crippen LogP contribution in [0.1, 0.15) is 164 Å². The Bertz CT molecular complexity index is 3820. The number of thiol groups is 1. The number of aryl methyl sites for hydroxylation is 3. The predicted molar refractivity (Wildman–Crippen MR) is 482 cm³/mol.